The molecule has 0 spiro atoms. The maximum atomic E-state index is 11.9. The molecule has 0 unspecified atom stereocenters. The molecule has 0 atom stereocenters. The number of hydrogen-bond acceptors (Lipinski definition) is 4. The molecule has 0 aliphatic carbocycles. The molecule has 0 heterocycles. The molecule has 0 aliphatic heterocycles. The van der Waals surface area contributed by atoms with Gasteiger partial charge in [0.15, 0.2) is 0 Å². The second-order valence-electron chi connectivity index (χ2n) is 21.6. The molecule has 4 nitrogen and oxygen atoms in total. The van der Waals surface area contributed by atoms with Crippen molar-refractivity contribution >= 4 is 11.9 Å². The zero-order valence-electron chi connectivity index (χ0n) is 48.5. The van der Waals surface area contributed by atoms with Gasteiger partial charge in [-0.3, -0.25) is 9.59 Å². The Labute approximate surface area is 441 Å². The van der Waals surface area contributed by atoms with Gasteiger partial charge in [-0.25, -0.2) is 0 Å². The zero-order chi connectivity index (χ0) is 51.0. The number of ether oxygens (including phenoxy) is 2. The Morgan fingerprint density at radius 3 is 0.614 bits per heavy atom. The highest BCUT2D eigenvalue weighted by molar-refractivity contribution is 5.69. The molecular weight excluding hydrogens is 857 g/mol. The third kappa shape index (κ3) is 68.5. The first-order valence-corrected chi connectivity index (χ1v) is 32.2. The maximum absolute atomic E-state index is 11.9. The van der Waals surface area contributed by atoms with Crippen LogP contribution in [0.2, 0.25) is 0 Å². The third-order valence-electron chi connectivity index (χ3n) is 14.3. The number of carbonyl (C=O) groups is 2. The van der Waals surface area contributed by atoms with Crippen LogP contribution in [0, 0.1) is 0 Å². The van der Waals surface area contributed by atoms with Crippen molar-refractivity contribution in [3.05, 3.63) is 24.3 Å². The van der Waals surface area contributed by atoms with Gasteiger partial charge in [-0.15, -0.1) is 0 Å². The first kappa shape index (κ1) is 70.5. The first-order chi connectivity index (χ1) is 34.6. The molecule has 0 saturated carbocycles. The van der Waals surface area contributed by atoms with Crippen LogP contribution in [0.5, 0.6) is 0 Å². The van der Waals surface area contributed by atoms with Gasteiger partial charge in [0.2, 0.25) is 0 Å². The van der Waals surface area contributed by atoms with Gasteiger partial charge in [0, 0.05) is 12.8 Å². The molecule has 70 heavy (non-hydrogen) atoms. The third-order valence-corrected chi connectivity index (χ3v) is 14.3. The fraction of sp³-hybridized carbons (Fsp3) is 0.909. The molecule has 0 fully saturated rings. The SMILES string of the molecule is CCCCCCCC/C=C\CCCCCCCCOC(=O)CCCCCCCCCCCCC.CCCCCCCC/C=C\CCCCCCCCOC(=O)CCCCCCCCCCCCCCC. The lowest BCUT2D eigenvalue weighted by molar-refractivity contribution is -0.144. The summed E-state index contributed by atoms with van der Waals surface area (Å²) in [6, 6.07) is 0. The average Bonchev–Trinajstić information content (AvgIpc) is 3.36. The van der Waals surface area contributed by atoms with Gasteiger partial charge >= 0.3 is 11.9 Å². The van der Waals surface area contributed by atoms with Gasteiger partial charge in [0.05, 0.1) is 13.2 Å². The Bertz CT molecular complexity index is 1020. The fourth-order valence-electron chi connectivity index (χ4n) is 9.44. The van der Waals surface area contributed by atoms with Crippen LogP contribution in [-0.2, 0) is 19.1 Å². The number of allylic oxidation sites excluding steroid dienone is 4. The highest BCUT2D eigenvalue weighted by Crippen LogP contribution is 2.16. The minimum atomic E-state index is 0.0173. The van der Waals surface area contributed by atoms with Crippen LogP contribution < -0.4 is 0 Å². The summed E-state index contributed by atoms with van der Waals surface area (Å²) in [5.74, 6) is 0.0366. The zero-order valence-corrected chi connectivity index (χ0v) is 48.5. The minimum absolute atomic E-state index is 0.0173. The summed E-state index contributed by atoms with van der Waals surface area (Å²) >= 11 is 0. The minimum Gasteiger partial charge on any atom is -0.466 e. The van der Waals surface area contributed by atoms with Crippen LogP contribution in [0.4, 0.5) is 0 Å². The lowest BCUT2D eigenvalue weighted by Crippen LogP contribution is -2.05. The van der Waals surface area contributed by atoms with E-state index in [1.54, 1.807) is 0 Å². The molecule has 0 aromatic rings. The Balaban J connectivity index is 0. The molecule has 0 N–H and O–H groups in total. The van der Waals surface area contributed by atoms with Crippen molar-refractivity contribution < 1.29 is 19.1 Å². The second kappa shape index (κ2) is 67.4. The van der Waals surface area contributed by atoms with Crippen molar-refractivity contribution in [1.29, 1.82) is 0 Å². The number of hydrogen-bond donors (Lipinski definition) is 0. The molecular formula is C66H128O4. The van der Waals surface area contributed by atoms with Crippen molar-refractivity contribution in [2.75, 3.05) is 13.2 Å². The molecule has 0 amide bonds. The Kier molecular flexibility index (Phi) is 67.9. The van der Waals surface area contributed by atoms with Crippen LogP contribution >= 0.6 is 0 Å². The van der Waals surface area contributed by atoms with Crippen LogP contribution in [0.15, 0.2) is 24.3 Å². The predicted octanol–water partition coefficient (Wildman–Crippen LogP) is 23.3. The van der Waals surface area contributed by atoms with E-state index in [9.17, 15) is 9.59 Å². The van der Waals surface area contributed by atoms with Crippen molar-refractivity contribution in [2.45, 2.75) is 374 Å². The summed E-state index contributed by atoms with van der Waals surface area (Å²) in [5, 5.41) is 0. The van der Waals surface area contributed by atoms with E-state index >= 15 is 0 Å². The van der Waals surface area contributed by atoms with Gasteiger partial charge in [-0.2, -0.15) is 0 Å². The van der Waals surface area contributed by atoms with Gasteiger partial charge in [-0.05, 0) is 77.0 Å². The smallest absolute Gasteiger partial charge is 0.305 e. The second-order valence-corrected chi connectivity index (χ2v) is 21.6. The van der Waals surface area contributed by atoms with Crippen molar-refractivity contribution in [3.8, 4) is 0 Å². The van der Waals surface area contributed by atoms with Gasteiger partial charge < -0.3 is 9.47 Å². The van der Waals surface area contributed by atoms with E-state index in [0.717, 1.165) is 25.7 Å². The van der Waals surface area contributed by atoms with Crippen LogP contribution in [0.3, 0.4) is 0 Å². The topological polar surface area (TPSA) is 52.6 Å². The van der Waals surface area contributed by atoms with Crippen molar-refractivity contribution in [1.82, 2.24) is 0 Å². The number of rotatable bonds is 58. The van der Waals surface area contributed by atoms with Crippen LogP contribution in [-0.4, -0.2) is 25.2 Å². The number of carbonyl (C=O) groups excluding carboxylic acids is 2. The molecule has 416 valence electrons. The molecule has 0 aromatic carbocycles. The Morgan fingerprint density at radius 1 is 0.229 bits per heavy atom. The van der Waals surface area contributed by atoms with E-state index < -0.39 is 0 Å². The maximum Gasteiger partial charge on any atom is 0.305 e. The fourth-order valence-corrected chi connectivity index (χ4v) is 9.44. The summed E-state index contributed by atoms with van der Waals surface area (Å²) in [6.45, 7) is 10.4. The molecule has 0 aliphatic rings. The normalized spacial score (nSPS) is 11.5. The largest absolute Gasteiger partial charge is 0.466 e. The summed E-state index contributed by atoms with van der Waals surface area (Å²) in [6.07, 6.45) is 79.4. The standard InChI is InChI=1S/C34H66O2.C32H62O2/c1-3-5-7-9-11-13-15-17-18-19-21-23-25-27-29-31-33-36-34(35)32-30-28-26-24-22-20-16-14-12-10-8-6-4-2;1-3-5-7-9-11-13-15-16-17-18-19-21-23-25-27-29-31-34-32(33)30-28-26-24-22-20-14-12-10-8-6-4-2/h17-18H,3-16,19-33H2,1-2H3;16-17H,3-15,18-31H2,1-2H3/b18-17-;17-16-. The predicted molar refractivity (Wildman–Crippen MR) is 312 cm³/mol. The van der Waals surface area contributed by atoms with Crippen LogP contribution in [0.25, 0.3) is 0 Å². The first-order valence-electron chi connectivity index (χ1n) is 32.2. The lowest BCUT2D eigenvalue weighted by atomic mass is 10.0. The quantitative estimate of drug-likeness (QED) is 0.0346. The van der Waals surface area contributed by atoms with E-state index in [1.165, 1.54) is 308 Å². The summed E-state index contributed by atoms with van der Waals surface area (Å²) in [5.41, 5.74) is 0. The van der Waals surface area contributed by atoms with Gasteiger partial charge in [0.1, 0.15) is 0 Å². The molecule has 0 bridgehead atoms. The van der Waals surface area contributed by atoms with E-state index in [4.69, 9.17) is 9.47 Å². The average molecular weight is 986 g/mol. The summed E-state index contributed by atoms with van der Waals surface area (Å²) in [7, 11) is 0. The molecule has 4 heteroatoms. The lowest BCUT2D eigenvalue weighted by Gasteiger charge is -2.05. The number of esters is 2. The summed E-state index contributed by atoms with van der Waals surface area (Å²) < 4.78 is 10.8. The number of unbranched alkanes of at least 4 members (excludes halogenated alkanes) is 46. The molecule has 0 saturated heterocycles. The van der Waals surface area contributed by atoms with Gasteiger partial charge in [0.25, 0.3) is 0 Å². The van der Waals surface area contributed by atoms with E-state index in [1.807, 2.05) is 0 Å². The highest BCUT2D eigenvalue weighted by atomic mass is 16.5. The van der Waals surface area contributed by atoms with E-state index in [-0.39, 0.29) is 11.9 Å². The summed E-state index contributed by atoms with van der Waals surface area (Å²) in [4.78, 5) is 23.7. The van der Waals surface area contributed by atoms with Gasteiger partial charge in [-0.1, -0.05) is 309 Å². The van der Waals surface area contributed by atoms with Crippen molar-refractivity contribution in [2.24, 2.45) is 0 Å². The molecule has 0 radical (unpaired) electrons. The monoisotopic (exact) mass is 985 g/mol. The Hall–Kier alpha value is -1.58. The van der Waals surface area contributed by atoms with E-state index in [0.29, 0.717) is 26.1 Å². The molecule has 0 aromatic heterocycles. The van der Waals surface area contributed by atoms with Crippen molar-refractivity contribution in [3.63, 3.8) is 0 Å². The van der Waals surface area contributed by atoms with E-state index in [2.05, 4.69) is 52.0 Å². The Morgan fingerprint density at radius 2 is 0.400 bits per heavy atom. The van der Waals surface area contributed by atoms with Crippen LogP contribution in [0.1, 0.15) is 374 Å². The highest BCUT2D eigenvalue weighted by Gasteiger charge is 2.04. The molecule has 0 rings (SSSR count).